The van der Waals surface area contributed by atoms with E-state index >= 15 is 0 Å². The zero-order chi connectivity index (χ0) is 13.5. The van der Waals surface area contributed by atoms with Gasteiger partial charge in [-0.25, -0.2) is 0 Å². The average Bonchev–Trinajstić information content (AvgIpc) is 3.32. The number of hydrogen-bond donors (Lipinski definition) is 2. The number of carbonyl (C=O) groups is 2. The first kappa shape index (κ1) is 12.9. The molecule has 1 saturated heterocycles. The van der Waals surface area contributed by atoms with Crippen LogP contribution in [-0.4, -0.2) is 41.9 Å². The maximum absolute atomic E-state index is 12.2. The number of piperidine rings is 1. The lowest BCUT2D eigenvalue weighted by molar-refractivity contribution is -0.137. The van der Waals surface area contributed by atoms with E-state index in [9.17, 15) is 9.59 Å². The van der Waals surface area contributed by atoms with Crippen molar-refractivity contribution in [2.75, 3.05) is 19.6 Å². The van der Waals surface area contributed by atoms with Gasteiger partial charge in [0.05, 0.1) is 11.5 Å². The summed E-state index contributed by atoms with van der Waals surface area (Å²) < 4.78 is 0. The summed E-state index contributed by atoms with van der Waals surface area (Å²) in [7, 11) is 0. The third-order valence-electron chi connectivity index (χ3n) is 4.56. The van der Waals surface area contributed by atoms with Gasteiger partial charge in [0.25, 0.3) is 0 Å². The molecule has 1 aliphatic heterocycles. The summed E-state index contributed by atoms with van der Waals surface area (Å²) in [5, 5.41) is 3.02. The van der Waals surface area contributed by atoms with Gasteiger partial charge in [0, 0.05) is 19.6 Å². The highest BCUT2D eigenvalue weighted by molar-refractivity contribution is 5.90. The molecule has 3 N–H and O–H groups in total. The number of nitrogens with one attached hydrogen (secondary N) is 1. The minimum atomic E-state index is -0.605. The first-order chi connectivity index (χ1) is 9.08. The Morgan fingerprint density at radius 2 is 2.00 bits per heavy atom. The SMILES string of the molecule is NC1(C(=O)N2CCCC(C(=O)NCC3CC3)C2)CC1. The van der Waals surface area contributed by atoms with Crippen molar-refractivity contribution in [3.8, 4) is 0 Å². The van der Waals surface area contributed by atoms with E-state index in [1.54, 1.807) is 4.90 Å². The van der Waals surface area contributed by atoms with E-state index in [0.717, 1.165) is 38.8 Å². The number of rotatable bonds is 4. The van der Waals surface area contributed by atoms with Gasteiger partial charge in [0.1, 0.15) is 0 Å². The molecule has 0 radical (unpaired) electrons. The summed E-state index contributed by atoms with van der Waals surface area (Å²) in [6, 6.07) is 0. The van der Waals surface area contributed by atoms with E-state index in [2.05, 4.69) is 5.32 Å². The van der Waals surface area contributed by atoms with Crippen LogP contribution >= 0.6 is 0 Å². The second kappa shape index (κ2) is 4.78. The Morgan fingerprint density at radius 1 is 1.26 bits per heavy atom. The molecular weight excluding hydrogens is 242 g/mol. The van der Waals surface area contributed by atoms with Gasteiger partial charge in [-0.1, -0.05) is 0 Å². The van der Waals surface area contributed by atoms with E-state index < -0.39 is 5.54 Å². The van der Waals surface area contributed by atoms with E-state index in [1.807, 2.05) is 0 Å². The lowest BCUT2D eigenvalue weighted by atomic mass is 9.96. The molecule has 106 valence electrons. The van der Waals surface area contributed by atoms with Crippen molar-refractivity contribution in [3.63, 3.8) is 0 Å². The van der Waals surface area contributed by atoms with Crippen molar-refractivity contribution in [1.82, 2.24) is 10.2 Å². The van der Waals surface area contributed by atoms with Crippen LogP contribution in [0, 0.1) is 11.8 Å². The normalized spacial score (nSPS) is 28.9. The maximum atomic E-state index is 12.2. The zero-order valence-electron chi connectivity index (χ0n) is 11.4. The number of amides is 2. The number of likely N-dealkylation sites (tertiary alicyclic amines) is 1. The Labute approximate surface area is 113 Å². The van der Waals surface area contributed by atoms with Gasteiger partial charge in [-0.2, -0.15) is 0 Å². The fourth-order valence-electron chi connectivity index (χ4n) is 2.75. The molecule has 19 heavy (non-hydrogen) atoms. The first-order valence-electron chi connectivity index (χ1n) is 7.44. The quantitative estimate of drug-likeness (QED) is 0.764. The summed E-state index contributed by atoms with van der Waals surface area (Å²) in [4.78, 5) is 26.1. The predicted octanol–water partition coefficient (Wildman–Crippen LogP) is 0.242. The molecule has 0 aromatic heterocycles. The molecule has 1 atom stereocenters. The monoisotopic (exact) mass is 265 g/mol. The second-order valence-corrected chi connectivity index (χ2v) is 6.43. The topological polar surface area (TPSA) is 75.4 Å². The third kappa shape index (κ3) is 2.91. The van der Waals surface area contributed by atoms with Crippen molar-refractivity contribution < 1.29 is 9.59 Å². The van der Waals surface area contributed by atoms with Crippen molar-refractivity contribution in [3.05, 3.63) is 0 Å². The van der Waals surface area contributed by atoms with Crippen molar-refractivity contribution in [1.29, 1.82) is 0 Å². The zero-order valence-corrected chi connectivity index (χ0v) is 11.4. The van der Waals surface area contributed by atoms with Crippen LogP contribution in [0.15, 0.2) is 0 Å². The van der Waals surface area contributed by atoms with Crippen LogP contribution in [0.5, 0.6) is 0 Å². The molecule has 0 aromatic carbocycles. The molecule has 2 saturated carbocycles. The van der Waals surface area contributed by atoms with E-state index in [4.69, 9.17) is 5.73 Å². The largest absolute Gasteiger partial charge is 0.356 e. The maximum Gasteiger partial charge on any atom is 0.242 e. The molecule has 0 aromatic rings. The van der Waals surface area contributed by atoms with Gasteiger partial charge in [0.2, 0.25) is 11.8 Å². The smallest absolute Gasteiger partial charge is 0.242 e. The summed E-state index contributed by atoms with van der Waals surface area (Å²) in [6.45, 7) is 2.11. The molecule has 3 fully saturated rings. The molecule has 0 bridgehead atoms. The number of hydrogen-bond acceptors (Lipinski definition) is 3. The van der Waals surface area contributed by atoms with Crippen LogP contribution in [0.1, 0.15) is 38.5 Å². The Hall–Kier alpha value is -1.10. The van der Waals surface area contributed by atoms with Crippen LogP contribution in [0.3, 0.4) is 0 Å². The minimum absolute atomic E-state index is 0.0428. The Morgan fingerprint density at radius 3 is 2.63 bits per heavy atom. The second-order valence-electron chi connectivity index (χ2n) is 6.43. The molecule has 5 nitrogen and oxygen atoms in total. The third-order valence-corrected chi connectivity index (χ3v) is 4.56. The molecule has 1 heterocycles. The molecule has 3 aliphatic rings. The summed E-state index contributed by atoms with van der Waals surface area (Å²) in [6.07, 6.45) is 5.86. The summed E-state index contributed by atoms with van der Waals surface area (Å²) >= 11 is 0. The van der Waals surface area contributed by atoms with Crippen molar-refractivity contribution >= 4 is 11.8 Å². The van der Waals surface area contributed by atoms with E-state index in [1.165, 1.54) is 12.8 Å². The molecule has 2 amide bonds. The van der Waals surface area contributed by atoms with E-state index in [-0.39, 0.29) is 17.7 Å². The predicted molar refractivity (Wildman–Crippen MR) is 71.2 cm³/mol. The van der Waals surface area contributed by atoms with Crippen LogP contribution in [0.4, 0.5) is 0 Å². The average molecular weight is 265 g/mol. The summed E-state index contributed by atoms with van der Waals surface area (Å²) in [5.41, 5.74) is 5.35. The Balaban J connectivity index is 1.51. The highest BCUT2D eigenvalue weighted by atomic mass is 16.2. The van der Waals surface area contributed by atoms with Crippen molar-refractivity contribution in [2.45, 2.75) is 44.1 Å². The number of carbonyl (C=O) groups excluding carboxylic acids is 2. The van der Waals surface area contributed by atoms with Crippen LogP contribution in [-0.2, 0) is 9.59 Å². The minimum Gasteiger partial charge on any atom is -0.356 e. The highest BCUT2D eigenvalue weighted by Gasteiger charge is 2.49. The lowest BCUT2D eigenvalue weighted by Gasteiger charge is -2.33. The van der Waals surface area contributed by atoms with Crippen LogP contribution in [0.25, 0.3) is 0 Å². The van der Waals surface area contributed by atoms with Crippen LogP contribution < -0.4 is 11.1 Å². The highest BCUT2D eigenvalue weighted by Crippen LogP contribution is 2.35. The molecule has 1 unspecified atom stereocenters. The van der Waals surface area contributed by atoms with Gasteiger partial charge in [-0.3, -0.25) is 9.59 Å². The fourth-order valence-corrected chi connectivity index (χ4v) is 2.75. The summed E-state index contributed by atoms with van der Waals surface area (Å²) in [5.74, 6) is 0.821. The van der Waals surface area contributed by atoms with Crippen molar-refractivity contribution in [2.24, 2.45) is 17.6 Å². The van der Waals surface area contributed by atoms with Gasteiger partial charge in [-0.05, 0) is 44.4 Å². The van der Waals surface area contributed by atoms with Gasteiger partial charge in [-0.15, -0.1) is 0 Å². The van der Waals surface area contributed by atoms with Gasteiger partial charge in [0.15, 0.2) is 0 Å². The molecule has 0 spiro atoms. The number of nitrogens with two attached hydrogens (primary N) is 1. The first-order valence-corrected chi connectivity index (χ1v) is 7.44. The Bertz CT molecular complexity index is 388. The standard InChI is InChI=1S/C14H23N3O2/c15-14(5-6-14)13(19)17-7-1-2-11(9-17)12(18)16-8-10-3-4-10/h10-11H,1-9,15H2,(H,16,18). The lowest BCUT2D eigenvalue weighted by Crippen LogP contribution is -2.51. The van der Waals surface area contributed by atoms with E-state index in [0.29, 0.717) is 12.5 Å². The molecule has 5 heteroatoms. The molecule has 3 rings (SSSR count). The van der Waals surface area contributed by atoms with Gasteiger partial charge >= 0.3 is 0 Å². The fraction of sp³-hybridized carbons (Fsp3) is 0.857. The molecular formula is C14H23N3O2. The number of nitrogens with zero attached hydrogens (tertiary/aromatic N) is 1. The van der Waals surface area contributed by atoms with Crippen LogP contribution in [0.2, 0.25) is 0 Å². The molecule has 2 aliphatic carbocycles. The van der Waals surface area contributed by atoms with Gasteiger partial charge < -0.3 is 16.0 Å². The Kier molecular flexibility index (Phi) is 3.25.